The van der Waals surface area contributed by atoms with Gasteiger partial charge in [-0.3, -0.25) is 5.43 Å². The summed E-state index contributed by atoms with van der Waals surface area (Å²) in [4.78, 5) is 0. The van der Waals surface area contributed by atoms with Gasteiger partial charge in [-0.05, 0) is 19.3 Å². The maximum absolute atomic E-state index is 5.77. The van der Waals surface area contributed by atoms with Crippen molar-refractivity contribution in [2.75, 3.05) is 0 Å². The molecular weight excluding hydrogens is 128 g/mol. The van der Waals surface area contributed by atoms with Crippen molar-refractivity contribution >= 4 is 0 Å². The first-order chi connectivity index (χ1) is 4.86. The molecule has 0 amide bonds. The Hall–Kier alpha value is -0.640. The summed E-state index contributed by atoms with van der Waals surface area (Å²) in [6.45, 7) is 0. The molecule has 10 heavy (non-hydrogen) atoms. The highest BCUT2D eigenvalue weighted by Crippen LogP contribution is 2.23. The van der Waals surface area contributed by atoms with Crippen LogP contribution in [0.15, 0.2) is 10.3 Å². The third-order valence-electron chi connectivity index (χ3n) is 2.28. The van der Waals surface area contributed by atoms with Crippen molar-refractivity contribution in [1.82, 2.24) is 5.43 Å². The van der Waals surface area contributed by atoms with Crippen molar-refractivity contribution < 1.29 is 0 Å². The topological polar surface area (TPSA) is 62.8 Å². The summed E-state index contributed by atoms with van der Waals surface area (Å²) >= 11 is 0. The van der Waals surface area contributed by atoms with Gasteiger partial charge in [0.25, 0.3) is 0 Å². The molecule has 1 fully saturated rings. The molecule has 0 spiro atoms. The minimum Gasteiger partial charge on any atom is -0.328 e. The summed E-state index contributed by atoms with van der Waals surface area (Å²) in [5.74, 6) is 0. The van der Waals surface area contributed by atoms with Crippen LogP contribution in [0.1, 0.15) is 19.3 Å². The Morgan fingerprint density at radius 2 is 2.30 bits per heavy atom. The van der Waals surface area contributed by atoms with E-state index in [2.05, 4.69) is 15.8 Å². The van der Waals surface area contributed by atoms with Crippen LogP contribution in [0.25, 0.3) is 0 Å². The second-order valence-electron chi connectivity index (χ2n) is 3.09. The van der Waals surface area contributed by atoms with E-state index in [4.69, 9.17) is 5.73 Å². The van der Waals surface area contributed by atoms with Crippen molar-refractivity contribution in [3.8, 4) is 0 Å². The largest absolute Gasteiger partial charge is 0.328 e. The van der Waals surface area contributed by atoms with E-state index < -0.39 is 0 Å². The molecule has 3 unspecified atom stereocenters. The van der Waals surface area contributed by atoms with Crippen LogP contribution in [-0.2, 0) is 0 Å². The lowest BCUT2D eigenvalue weighted by atomic mass is 9.88. The lowest BCUT2D eigenvalue weighted by Gasteiger charge is -2.26. The number of nitrogens with one attached hydrogen (secondary N) is 1. The number of nitrogens with zero attached hydrogens (tertiary/aromatic N) is 2. The maximum Gasteiger partial charge on any atom is 0.0948 e. The lowest BCUT2D eigenvalue weighted by Crippen LogP contribution is -2.42. The highest BCUT2D eigenvalue weighted by molar-refractivity contribution is 4.91. The highest BCUT2D eigenvalue weighted by atomic mass is 15.5. The molecule has 0 aromatic rings. The Labute approximate surface area is 59.9 Å². The van der Waals surface area contributed by atoms with Crippen LogP contribution in [-0.4, -0.2) is 18.1 Å². The summed E-state index contributed by atoms with van der Waals surface area (Å²) < 4.78 is 0. The van der Waals surface area contributed by atoms with Crippen LogP contribution in [0.4, 0.5) is 0 Å². The van der Waals surface area contributed by atoms with Gasteiger partial charge >= 0.3 is 0 Å². The zero-order valence-electron chi connectivity index (χ0n) is 5.83. The number of hydrogen-bond acceptors (Lipinski definition) is 4. The van der Waals surface area contributed by atoms with E-state index in [9.17, 15) is 0 Å². The average Bonchev–Trinajstić information content (AvgIpc) is 2.33. The molecule has 0 aromatic heterocycles. The van der Waals surface area contributed by atoms with Crippen molar-refractivity contribution in [3.63, 3.8) is 0 Å². The van der Waals surface area contributed by atoms with Gasteiger partial charge in [0.05, 0.1) is 12.1 Å². The normalized spacial score (nSPS) is 44.7. The average molecular weight is 140 g/mol. The van der Waals surface area contributed by atoms with E-state index >= 15 is 0 Å². The Kier molecular flexibility index (Phi) is 1.34. The minimum atomic E-state index is 0.359. The fourth-order valence-corrected chi connectivity index (χ4v) is 1.65. The van der Waals surface area contributed by atoms with Gasteiger partial charge < -0.3 is 5.73 Å². The second kappa shape index (κ2) is 2.20. The van der Waals surface area contributed by atoms with Gasteiger partial charge in [-0.15, -0.1) is 0 Å². The van der Waals surface area contributed by atoms with Gasteiger partial charge in [0.2, 0.25) is 0 Å². The van der Waals surface area contributed by atoms with Crippen LogP contribution >= 0.6 is 0 Å². The molecule has 2 rings (SSSR count). The fourth-order valence-electron chi connectivity index (χ4n) is 1.65. The Morgan fingerprint density at radius 1 is 1.40 bits per heavy atom. The third-order valence-corrected chi connectivity index (χ3v) is 2.28. The van der Waals surface area contributed by atoms with E-state index in [-0.39, 0.29) is 0 Å². The summed E-state index contributed by atoms with van der Waals surface area (Å²) in [7, 11) is 0. The molecule has 0 saturated heterocycles. The van der Waals surface area contributed by atoms with Gasteiger partial charge in [-0.25, -0.2) is 0 Å². The smallest absolute Gasteiger partial charge is 0.0948 e. The Balaban J connectivity index is 2.01. The molecule has 2 aliphatic rings. The van der Waals surface area contributed by atoms with Crippen molar-refractivity contribution in [1.29, 1.82) is 0 Å². The van der Waals surface area contributed by atoms with Gasteiger partial charge in [-0.2, -0.15) is 5.11 Å². The Bertz CT molecular complexity index is 156. The molecule has 1 aliphatic heterocycles. The number of fused-ring (bicyclic) bond motifs is 1. The lowest BCUT2D eigenvalue weighted by molar-refractivity contribution is 0.342. The van der Waals surface area contributed by atoms with Crippen LogP contribution in [0, 0.1) is 0 Å². The van der Waals surface area contributed by atoms with Crippen LogP contribution in [0.2, 0.25) is 0 Å². The predicted octanol–water partition coefficient (Wildman–Crippen LogP) is 0.205. The number of rotatable bonds is 0. The first-order valence-electron chi connectivity index (χ1n) is 3.77. The van der Waals surface area contributed by atoms with E-state index in [1.807, 2.05) is 0 Å². The molecule has 3 N–H and O–H groups in total. The summed E-state index contributed by atoms with van der Waals surface area (Å²) in [6.07, 6.45) is 3.22. The number of nitrogens with two attached hydrogens (primary N) is 1. The van der Waals surface area contributed by atoms with Crippen molar-refractivity contribution in [3.05, 3.63) is 0 Å². The molecule has 1 saturated carbocycles. The molecule has 1 heterocycles. The quantitative estimate of drug-likeness (QED) is 0.505. The number of hydrogen-bond donors (Lipinski definition) is 2. The molecule has 4 nitrogen and oxygen atoms in total. The van der Waals surface area contributed by atoms with Gasteiger partial charge in [0.15, 0.2) is 0 Å². The fraction of sp³-hybridized carbons (Fsp3) is 1.00. The van der Waals surface area contributed by atoms with Crippen molar-refractivity contribution in [2.24, 2.45) is 16.1 Å². The molecular formula is C6H12N4. The molecule has 4 heteroatoms. The first kappa shape index (κ1) is 6.09. The van der Waals surface area contributed by atoms with Crippen LogP contribution < -0.4 is 11.2 Å². The monoisotopic (exact) mass is 140 g/mol. The summed E-state index contributed by atoms with van der Waals surface area (Å²) in [5.41, 5.74) is 8.73. The minimum absolute atomic E-state index is 0.359. The standard InChI is InChI=1S/C6H12N4/c7-4-1-2-5-6(3-4)9-10-8-5/h4-6H,1-3,7H2,(H,8,9). The zero-order valence-corrected chi connectivity index (χ0v) is 5.83. The van der Waals surface area contributed by atoms with Crippen LogP contribution in [0.3, 0.4) is 0 Å². The van der Waals surface area contributed by atoms with E-state index in [1.54, 1.807) is 0 Å². The highest BCUT2D eigenvalue weighted by Gasteiger charge is 2.31. The summed E-state index contributed by atoms with van der Waals surface area (Å²) in [6, 6.07) is 1.21. The second-order valence-corrected chi connectivity index (χ2v) is 3.09. The first-order valence-corrected chi connectivity index (χ1v) is 3.77. The molecule has 56 valence electrons. The molecule has 0 aromatic carbocycles. The zero-order chi connectivity index (χ0) is 6.97. The predicted molar refractivity (Wildman–Crippen MR) is 37.4 cm³/mol. The molecule has 3 atom stereocenters. The Morgan fingerprint density at radius 3 is 3.20 bits per heavy atom. The molecule has 0 bridgehead atoms. The van der Waals surface area contributed by atoms with E-state index in [0.29, 0.717) is 18.1 Å². The maximum atomic E-state index is 5.77. The molecule has 0 radical (unpaired) electrons. The third kappa shape index (κ3) is 0.883. The van der Waals surface area contributed by atoms with Crippen LogP contribution in [0.5, 0.6) is 0 Å². The SMILES string of the molecule is NC1CCC2N=NNC2C1. The van der Waals surface area contributed by atoms with E-state index in [0.717, 1.165) is 19.3 Å². The van der Waals surface area contributed by atoms with E-state index in [1.165, 1.54) is 0 Å². The molecule has 1 aliphatic carbocycles. The van der Waals surface area contributed by atoms with Gasteiger partial charge in [-0.1, -0.05) is 5.22 Å². The van der Waals surface area contributed by atoms with Gasteiger partial charge in [0, 0.05) is 6.04 Å². The van der Waals surface area contributed by atoms with Crippen molar-refractivity contribution in [2.45, 2.75) is 37.4 Å². The van der Waals surface area contributed by atoms with Gasteiger partial charge in [0.1, 0.15) is 0 Å². The summed E-state index contributed by atoms with van der Waals surface area (Å²) in [5, 5.41) is 7.83.